The number of unbranched alkanes of at least 4 members (excludes halogenated alkanes) is 1. The highest BCUT2D eigenvalue weighted by atomic mass is 32.2. The van der Waals surface area contributed by atoms with Crippen LogP contribution in [0.4, 0.5) is 0 Å². The lowest BCUT2D eigenvalue weighted by atomic mass is 10.1. The van der Waals surface area contributed by atoms with Crippen LogP contribution in [0.5, 0.6) is 0 Å². The maximum absolute atomic E-state index is 12.6. The number of rotatable bonds is 9. The summed E-state index contributed by atoms with van der Waals surface area (Å²) < 4.78 is 25.2. The number of carbonyl (C=O) groups excluding carboxylic acids is 1. The van der Waals surface area contributed by atoms with Gasteiger partial charge in [0.25, 0.3) is 5.91 Å². The van der Waals surface area contributed by atoms with E-state index < -0.39 is 27.8 Å². The molecule has 0 aliphatic heterocycles. The van der Waals surface area contributed by atoms with E-state index in [1.54, 1.807) is 36.4 Å². The molecule has 1 atom stereocenters. The predicted octanol–water partition coefficient (Wildman–Crippen LogP) is 3.03. The van der Waals surface area contributed by atoms with Crippen molar-refractivity contribution in [3.63, 3.8) is 0 Å². The van der Waals surface area contributed by atoms with Crippen LogP contribution >= 0.6 is 0 Å². The normalized spacial score (nSPS) is 12.3. The highest BCUT2D eigenvalue weighted by Gasteiger charge is 2.23. The number of hydrogen-bond donors (Lipinski definition) is 2. The van der Waals surface area contributed by atoms with Crippen LogP contribution in [0.15, 0.2) is 59.5 Å². The van der Waals surface area contributed by atoms with Crippen molar-refractivity contribution in [1.82, 2.24) is 5.32 Å². The van der Waals surface area contributed by atoms with Crippen molar-refractivity contribution in [2.75, 3.05) is 0 Å². The van der Waals surface area contributed by atoms with Gasteiger partial charge in [-0.2, -0.15) is 0 Å². The van der Waals surface area contributed by atoms with Crippen LogP contribution in [0, 0.1) is 0 Å². The number of carbonyl (C=O) groups is 2. The van der Waals surface area contributed by atoms with Gasteiger partial charge in [0.15, 0.2) is 9.84 Å². The van der Waals surface area contributed by atoms with E-state index in [-0.39, 0.29) is 16.2 Å². The zero-order chi connectivity index (χ0) is 19.9. The van der Waals surface area contributed by atoms with E-state index >= 15 is 0 Å². The quantitative estimate of drug-likeness (QED) is 0.686. The Labute approximate surface area is 159 Å². The van der Waals surface area contributed by atoms with Crippen molar-refractivity contribution in [3.8, 4) is 0 Å². The SMILES string of the molecule is CCCCC(NC(=O)c1ccccc1CS(=O)(=O)c1ccccc1)C(=O)O. The molecular formula is C20H23NO5S. The van der Waals surface area contributed by atoms with Crippen molar-refractivity contribution in [2.24, 2.45) is 0 Å². The summed E-state index contributed by atoms with van der Waals surface area (Å²) in [5.41, 5.74) is 0.498. The van der Waals surface area contributed by atoms with Gasteiger partial charge in [0.05, 0.1) is 10.6 Å². The molecule has 2 aromatic carbocycles. The summed E-state index contributed by atoms with van der Waals surface area (Å²) in [5, 5.41) is 11.8. The molecule has 0 saturated carbocycles. The highest BCUT2D eigenvalue weighted by Crippen LogP contribution is 2.19. The average Bonchev–Trinajstić information content (AvgIpc) is 2.65. The van der Waals surface area contributed by atoms with E-state index in [4.69, 9.17) is 0 Å². The van der Waals surface area contributed by atoms with Gasteiger partial charge < -0.3 is 10.4 Å². The Morgan fingerprint density at radius 3 is 2.30 bits per heavy atom. The zero-order valence-electron chi connectivity index (χ0n) is 15.1. The first-order valence-electron chi connectivity index (χ1n) is 8.74. The van der Waals surface area contributed by atoms with Gasteiger partial charge in [-0.3, -0.25) is 4.79 Å². The molecule has 0 aromatic heterocycles. The zero-order valence-corrected chi connectivity index (χ0v) is 15.9. The van der Waals surface area contributed by atoms with Crippen molar-refractivity contribution in [2.45, 2.75) is 42.9 Å². The number of sulfone groups is 1. The number of amides is 1. The molecule has 144 valence electrons. The summed E-state index contributed by atoms with van der Waals surface area (Å²) in [6, 6.07) is 13.3. The molecule has 2 N–H and O–H groups in total. The molecule has 7 heteroatoms. The number of benzene rings is 2. The topological polar surface area (TPSA) is 101 Å². The minimum Gasteiger partial charge on any atom is -0.480 e. The molecule has 0 bridgehead atoms. The van der Waals surface area contributed by atoms with Gasteiger partial charge in [0, 0.05) is 5.56 Å². The largest absolute Gasteiger partial charge is 0.480 e. The Morgan fingerprint density at radius 2 is 1.67 bits per heavy atom. The van der Waals surface area contributed by atoms with Crippen molar-refractivity contribution in [3.05, 3.63) is 65.7 Å². The van der Waals surface area contributed by atoms with Gasteiger partial charge in [0.1, 0.15) is 6.04 Å². The molecule has 2 rings (SSSR count). The summed E-state index contributed by atoms with van der Waals surface area (Å²) in [6.07, 6.45) is 1.80. The average molecular weight is 389 g/mol. The minimum atomic E-state index is -3.62. The Balaban J connectivity index is 2.24. The molecule has 2 aromatic rings. The van der Waals surface area contributed by atoms with Gasteiger partial charge in [-0.1, -0.05) is 56.2 Å². The Bertz CT molecular complexity index is 894. The molecule has 1 amide bonds. The maximum atomic E-state index is 12.6. The molecule has 0 fully saturated rings. The molecule has 0 heterocycles. The minimum absolute atomic E-state index is 0.166. The molecule has 0 aliphatic carbocycles. The van der Waals surface area contributed by atoms with Crippen molar-refractivity contribution < 1.29 is 23.1 Å². The van der Waals surface area contributed by atoms with Crippen LogP contribution in [-0.2, 0) is 20.4 Å². The maximum Gasteiger partial charge on any atom is 0.326 e. The first-order chi connectivity index (χ1) is 12.8. The van der Waals surface area contributed by atoms with E-state index in [1.807, 2.05) is 6.92 Å². The van der Waals surface area contributed by atoms with E-state index in [0.717, 1.165) is 6.42 Å². The fourth-order valence-corrected chi connectivity index (χ4v) is 4.08. The highest BCUT2D eigenvalue weighted by molar-refractivity contribution is 7.90. The molecular weight excluding hydrogens is 366 g/mol. The van der Waals surface area contributed by atoms with Crippen LogP contribution in [0.2, 0.25) is 0 Å². The lowest BCUT2D eigenvalue weighted by Gasteiger charge is -2.16. The molecule has 27 heavy (non-hydrogen) atoms. The molecule has 0 saturated heterocycles. The summed E-state index contributed by atoms with van der Waals surface area (Å²) in [7, 11) is -3.62. The van der Waals surface area contributed by atoms with Gasteiger partial charge >= 0.3 is 5.97 Å². The third-order valence-corrected chi connectivity index (χ3v) is 5.84. The monoisotopic (exact) mass is 389 g/mol. The Kier molecular flexibility index (Phi) is 7.12. The first kappa shape index (κ1) is 20.6. The van der Waals surface area contributed by atoms with Crippen LogP contribution < -0.4 is 5.32 Å². The van der Waals surface area contributed by atoms with E-state index in [9.17, 15) is 23.1 Å². The second kappa shape index (κ2) is 9.32. The van der Waals surface area contributed by atoms with Crippen LogP contribution in [0.1, 0.15) is 42.1 Å². The summed E-state index contributed by atoms with van der Waals surface area (Å²) in [5.74, 6) is -2.03. The summed E-state index contributed by atoms with van der Waals surface area (Å²) >= 11 is 0. The second-order valence-corrected chi connectivity index (χ2v) is 8.23. The fourth-order valence-electron chi connectivity index (χ4n) is 2.69. The Morgan fingerprint density at radius 1 is 1.04 bits per heavy atom. The number of nitrogens with one attached hydrogen (secondary N) is 1. The van der Waals surface area contributed by atoms with Gasteiger partial charge in [-0.25, -0.2) is 13.2 Å². The van der Waals surface area contributed by atoms with E-state index in [0.29, 0.717) is 18.4 Å². The standard InChI is InChI=1S/C20H23NO5S/c1-2-3-13-18(20(23)24)21-19(22)17-12-8-7-9-15(17)14-27(25,26)16-10-5-4-6-11-16/h4-12,18H,2-3,13-14H2,1H3,(H,21,22)(H,23,24). The summed E-state index contributed by atoms with van der Waals surface area (Å²) in [6.45, 7) is 1.93. The number of hydrogen-bond acceptors (Lipinski definition) is 4. The third-order valence-electron chi connectivity index (χ3n) is 4.16. The van der Waals surface area contributed by atoms with Crippen molar-refractivity contribution >= 4 is 21.7 Å². The van der Waals surface area contributed by atoms with E-state index in [1.165, 1.54) is 18.2 Å². The van der Waals surface area contributed by atoms with Gasteiger partial charge in [0.2, 0.25) is 0 Å². The molecule has 0 aliphatic rings. The number of carboxylic acid groups (broad SMARTS) is 1. The third kappa shape index (κ3) is 5.65. The number of aliphatic carboxylic acids is 1. The molecule has 6 nitrogen and oxygen atoms in total. The van der Waals surface area contributed by atoms with E-state index in [2.05, 4.69) is 5.32 Å². The molecule has 0 spiro atoms. The lowest BCUT2D eigenvalue weighted by Crippen LogP contribution is -2.41. The van der Waals surface area contributed by atoms with Crippen LogP contribution in [0.3, 0.4) is 0 Å². The summed E-state index contributed by atoms with van der Waals surface area (Å²) in [4.78, 5) is 24.1. The molecule has 1 unspecified atom stereocenters. The fraction of sp³-hybridized carbons (Fsp3) is 0.300. The van der Waals surface area contributed by atoms with Crippen LogP contribution in [0.25, 0.3) is 0 Å². The number of carboxylic acids is 1. The lowest BCUT2D eigenvalue weighted by molar-refractivity contribution is -0.139. The predicted molar refractivity (Wildman–Crippen MR) is 102 cm³/mol. The smallest absolute Gasteiger partial charge is 0.326 e. The second-order valence-electron chi connectivity index (χ2n) is 6.24. The first-order valence-corrected chi connectivity index (χ1v) is 10.4. The van der Waals surface area contributed by atoms with Gasteiger partial charge in [-0.15, -0.1) is 0 Å². The van der Waals surface area contributed by atoms with Crippen molar-refractivity contribution in [1.29, 1.82) is 0 Å². The van der Waals surface area contributed by atoms with Crippen LogP contribution in [-0.4, -0.2) is 31.4 Å². The Hall–Kier alpha value is -2.67. The molecule has 0 radical (unpaired) electrons. The van der Waals surface area contributed by atoms with Gasteiger partial charge in [-0.05, 0) is 30.2 Å².